The van der Waals surface area contributed by atoms with Gasteiger partial charge in [-0.05, 0) is 24.3 Å². The summed E-state index contributed by atoms with van der Waals surface area (Å²) < 4.78 is 5.05. The van der Waals surface area contributed by atoms with Crippen LogP contribution < -0.4 is 4.74 Å². The molecule has 1 aromatic heterocycles. The fourth-order valence-corrected chi connectivity index (χ4v) is 1.39. The predicted molar refractivity (Wildman–Crippen MR) is 55.0 cm³/mol. The van der Waals surface area contributed by atoms with Crippen LogP contribution in [0.5, 0.6) is 11.5 Å². The number of fused-ring (bicyclic) bond motifs is 1. The third-order valence-electron chi connectivity index (χ3n) is 1.96. The zero-order chi connectivity index (χ0) is 10.1. The van der Waals surface area contributed by atoms with Crippen LogP contribution >= 0.6 is 11.6 Å². The summed E-state index contributed by atoms with van der Waals surface area (Å²) in [5.74, 6) is 0.702. The zero-order valence-corrected chi connectivity index (χ0v) is 8.25. The second-order valence-electron chi connectivity index (χ2n) is 2.86. The van der Waals surface area contributed by atoms with Crippen molar-refractivity contribution in [1.82, 2.24) is 4.98 Å². The first-order valence-electron chi connectivity index (χ1n) is 4.04. The molecule has 3 nitrogen and oxygen atoms in total. The number of rotatable bonds is 1. The van der Waals surface area contributed by atoms with Crippen LogP contribution in [0.1, 0.15) is 0 Å². The summed E-state index contributed by atoms with van der Waals surface area (Å²) in [6.45, 7) is 0. The molecule has 14 heavy (non-hydrogen) atoms. The number of ether oxygens (including phenoxy) is 1. The average molecular weight is 210 g/mol. The third-order valence-corrected chi connectivity index (χ3v) is 2.24. The molecule has 0 aliphatic rings. The largest absolute Gasteiger partial charge is 0.505 e. The van der Waals surface area contributed by atoms with Gasteiger partial charge in [0.05, 0.1) is 12.6 Å². The molecule has 2 rings (SSSR count). The number of aromatic nitrogens is 1. The van der Waals surface area contributed by atoms with E-state index in [-0.39, 0.29) is 10.9 Å². The van der Waals surface area contributed by atoms with Crippen molar-refractivity contribution in [2.75, 3.05) is 7.11 Å². The summed E-state index contributed by atoms with van der Waals surface area (Å²) in [4.78, 5) is 4.01. The summed E-state index contributed by atoms with van der Waals surface area (Å²) in [6.07, 6.45) is 0. The van der Waals surface area contributed by atoms with Crippen molar-refractivity contribution >= 4 is 22.5 Å². The smallest absolute Gasteiger partial charge is 0.171 e. The Morgan fingerprint density at radius 3 is 2.86 bits per heavy atom. The summed E-state index contributed by atoms with van der Waals surface area (Å²) in [5, 5.41) is 10.3. The Labute approximate surface area is 85.9 Å². The minimum atomic E-state index is -0.0209. The van der Waals surface area contributed by atoms with Crippen LogP contribution in [-0.2, 0) is 0 Å². The third kappa shape index (κ3) is 1.46. The van der Waals surface area contributed by atoms with Gasteiger partial charge in [0.25, 0.3) is 0 Å². The maximum absolute atomic E-state index is 9.35. The lowest BCUT2D eigenvalue weighted by Gasteiger charge is -2.03. The number of hydrogen-bond acceptors (Lipinski definition) is 3. The van der Waals surface area contributed by atoms with Gasteiger partial charge >= 0.3 is 0 Å². The lowest BCUT2D eigenvalue weighted by atomic mass is 10.2. The van der Waals surface area contributed by atoms with E-state index >= 15 is 0 Å². The Hall–Kier alpha value is -1.48. The molecule has 0 saturated carbocycles. The highest BCUT2D eigenvalue weighted by Crippen LogP contribution is 2.27. The molecule has 2 aromatic rings. The maximum Gasteiger partial charge on any atom is 0.171 e. The number of aromatic hydroxyl groups is 1. The van der Waals surface area contributed by atoms with E-state index in [9.17, 15) is 5.11 Å². The van der Waals surface area contributed by atoms with E-state index in [2.05, 4.69) is 4.98 Å². The van der Waals surface area contributed by atoms with E-state index in [1.54, 1.807) is 31.4 Å². The first-order valence-corrected chi connectivity index (χ1v) is 4.42. The molecule has 0 fully saturated rings. The number of hydrogen-bond donors (Lipinski definition) is 1. The zero-order valence-electron chi connectivity index (χ0n) is 7.49. The fourth-order valence-electron chi connectivity index (χ4n) is 1.25. The van der Waals surface area contributed by atoms with Gasteiger partial charge in [-0.2, -0.15) is 0 Å². The lowest BCUT2D eigenvalue weighted by molar-refractivity contribution is 0.415. The Kier molecular flexibility index (Phi) is 2.17. The second-order valence-corrected chi connectivity index (χ2v) is 3.21. The molecule has 0 saturated heterocycles. The van der Waals surface area contributed by atoms with Crippen molar-refractivity contribution in [3.63, 3.8) is 0 Å². The van der Waals surface area contributed by atoms with Crippen molar-refractivity contribution in [1.29, 1.82) is 0 Å². The molecule has 4 heteroatoms. The average Bonchev–Trinajstić information content (AvgIpc) is 2.19. The van der Waals surface area contributed by atoms with Crippen molar-refractivity contribution in [3.05, 3.63) is 29.4 Å². The van der Waals surface area contributed by atoms with E-state index in [1.165, 1.54) is 0 Å². The molecule has 1 heterocycles. The Morgan fingerprint density at radius 1 is 1.36 bits per heavy atom. The van der Waals surface area contributed by atoms with E-state index in [4.69, 9.17) is 16.3 Å². The van der Waals surface area contributed by atoms with Gasteiger partial charge in [-0.25, -0.2) is 4.98 Å². The van der Waals surface area contributed by atoms with E-state index in [0.29, 0.717) is 0 Å². The van der Waals surface area contributed by atoms with Crippen molar-refractivity contribution in [3.8, 4) is 11.5 Å². The quantitative estimate of drug-likeness (QED) is 0.735. The molecular weight excluding hydrogens is 202 g/mol. The van der Waals surface area contributed by atoms with Gasteiger partial charge in [-0.15, -0.1) is 0 Å². The molecule has 1 aromatic carbocycles. The molecule has 0 aliphatic carbocycles. The molecule has 0 amide bonds. The second kappa shape index (κ2) is 3.35. The molecule has 0 unspecified atom stereocenters. The standard InChI is InChI=1S/C10H8ClNO2/c1-14-7-2-3-8-6(4-7)5-9(13)10(11)12-8/h2-5,13H,1H3. The molecular formula is C10H8ClNO2. The molecule has 0 bridgehead atoms. The first-order chi connectivity index (χ1) is 6.70. The topological polar surface area (TPSA) is 42.4 Å². The highest BCUT2D eigenvalue weighted by molar-refractivity contribution is 6.31. The van der Waals surface area contributed by atoms with Crippen LogP contribution in [0.3, 0.4) is 0 Å². The van der Waals surface area contributed by atoms with Gasteiger partial charge in [-0.3, -0.25) is 0 Å². The number of methoxy groups -OCH3 is 1. The number of benzene rings is 1. The van der Waals surface area contributed by atoms with Gasteiger partial charge in [0.15, 0.2) is 10.9 Å². The molecule has 72 valence electrons. The van der Waals surface area contributed by atoms with E-state index < -0.39 is 0 Å². The SMILES string of the molecule is COc1ccc2nc(Cl)c(O)cc2c1. The Morgan fingerprint density at radius 2 is 2.14 bits per heavy atom. The molecule has 0 atom stereocenters. The van der Waals surface area contributed by atoms with Gasteiger partial charge in [0, 0.05) is 5.39 Å². The van der Waals surface area contributed by atoms with Gasteiger partial charge in [-0.1, -0.05) is 11.6 Å². The first kappa shape index (κ1) is 9.09. The van der Waals surface area contributed by atoms with Gasteiger partial charge < -0.3 is 9.84 Å². The summed E-state index contributed by atoms with van der Waals surface area (Å²) in [5.41, 5.74) is 0.730. The summed E-state index contributed by atoms with van der Waals surface area (Å²) in [6, 6.07) is 6.94. The lowest BCUT2D eigenvalue weighted by Crippen LogP contribution is -1.84. The molecule has 0 radical (unpaired) electrons. The number of halogens is 1. The molecule has 0 spiro atoms. The van der Waals surface area contributed by atoms with Crippen molar-refractivity contribution < 1.29 is 9.84 Å². The number of nitrogens with zero attached hydrogens (tertiary/aromatic N) is 1. The van der Waals surface area contributed by atoms with Crippen LogP contribution in [0.2, 0.25) is 5.15 Å². The minimum Gasteiger partial charge on any atom is -0.505 e. The van der Waals surface area contributed by atoms with Gasteiger partial charge in [0.2, 0.25) is 0 Å². The fraction of sp³-hybridized carbons (Fsp3) is 0.100. The maximum atomic E-state index is 9.35. The summed E-state index contributed by atoms with van der Waals surface area (Å²) >= 11 is 5.67. The van der Waals surface area contributed by atoms with Gasteiger partial charge in [0.1, 0.15) is 5.75 Å². The number of pyridine rings is 1. The molecule has 1 N–H and O–H groups in total. The minimum absolute atomic E-state index is 0.0209. The van der Waals surface area contributed by atoms with Crippen LogP contribution in [0.25, 0.3) is 10.9 Å². The van der Waals surface area contributed by atoms with E-state index in [1.807, 2.05) is 0 Å². The van der Waals surface area contributed by atoms with Crippen molar-refractivity contribution in [2.24, 2.45) is 0 Å². The highest BCUT2D eigenvalue weighted by Gasteiger charge is 2.03. The van der Waals surface area contributed by atoms with Crippen LogP contribution in [0.4, 0.5) is 0 Å². The predicted octanol–water partition coefficient (Wildman–Crippen LogP) is 2.60. The highest BCUT2D eigenvalue weighted by atomic mass is 35.5. The van der Waals surface area contributed by atoms with Crippen LogP contribution in [0.15, 0.2) is 24.3 Å². The van der Waals surface area contributed by atoms with Crippen LogP contribution in [0, 0.1) is 0 Å². The Bertz CT molecular complexity index is 485. The Balaban J connectivity index is 2.70. The van der Waals surface area contributed by atoms with E-state index in [0.717, 1.165) is 16.7 Å². The summed E-state index contributed by atoms with van der Waals surface area (Å²) in [7, 11) is 1.59. The normalized spacial score (nSPS) is 10.4. The molecule has 0 aliphatic heterocycles. The van der Waals surface area contributed by atoms with Crippen molar-refractivity contribution in [2.45, 2.75) is 0 Å². The van der Waals surface area contributed by atoms with Crippen LogP contribution in [-0.4, -0.2) is 17.2 Å². The monoisotopic (exact) mass is 209 g/mol.